The molecule has 122 valence electrons. The molecule has 2 aliphatic rings. The van der Waals surface area contributed by atoms with E-state index in [2.05, 4.69) is 0 Å². The Hall–Kier alpha value is -2.45. The van der Waals surface area contributed by atoms with Crippen LogP contribution < -0.4 is 5.73 Å². The summed E-state index contributed by atoms with van der Waals surface area (Å²) in [7, 11) is 0. The summed E-state index contributed by atoms with van der Waals surface area (Å²) in [4.78, 5) is 35.2. The lowest BCUT2D eigenvalue weighted by molar-refractivity contribution is -0.176. The molecule has 8 heteroatoms. The Morgan fingerprint density at radius 3 is 2.43 bits per heavy atom. The average Bonchev–Trinajstić information content (AvgIpc) is 3.12. The Labute approximate surface area is 130 Å². The fourth-order valence-electron chi connectivity index (χ4n) is 3.11. The van der Waals surface area contributed by atoms with Crippen molar-refractivity contribution in [3.63, 3.8) is 0 Å². The van der Waals surface area contributed by atoms with Gasteiger partial charge in [0.1, 0.15) is 0 Å². The van der Waals surface area contributed by atoms with Gasteiger partial charge in [0.25, 0.3) is 0 Å². The third kappa shape index (κ3) is 2.27. The number of hydrogen-bond donors (Lipinski definition) is 3. The predicted molar refractivity (Wildman–Crippen MR) is 73.9 cm³/mol. The van der Waals surface area contributed by atoms with Gasteiger partial charge in [-0.3, -0.25) is 20.1 Å². The van der Waals surface area contributed by atoms with Crippen molar-refractivity contribution in [3.05, 3.63) is 35.9 Å². The SMILES string of the molecule is NC(OC(=O)C1(C(=O)O)COC2C(C(=O)O)C21)c1ccccc1. The fourth-order valence-corrected chi connectivity index (χ4v) is 3.11. The monoisotopic (exact) mass is 321 g/mol. The molecule has 1 heterocycles. The molecule has 23 heavy (non-hydrogen) atoms. The molecule has 1 aromatic rings. The van der Waals surface area contributed by atoms with E-state index in [0.29, 0.717) is 5.56 Å². The predicted octanol–water partition coefficient (Wildman–Crippen LogP) is -0.0125. The van der Waals surface area contributed by atoms with Crippen LogP contribution in [0.3, 0.4) is 0 Å². The smallest absolute Gasteiger partial charge is 0.328 e. The van der Waals surface area contributed by atoms with Gasteiger partial charge in [0.2, 0.25) is 0 Å². The van der Waals surface area contributed by atoms with Crippen molar-refractivity contribution in [2.75, 3.05) is 6.61 Å². The maximum Gasteiger partial charge on any atom is 0.328 e. The van der Waals surface area contributed by atoms with E-state index in [9.17, 15) is 19.5 Å². The molecular weight excluding hydrogens is 306 g/mol. The van der Waals surface area contributed by atoms with Crippen LogP contribution in [0.1, 0.15) is 11.8 Å². The minimum Gasteiger partial charge on any atom is -0.481 e. The van der Waals surface area contributed by atoms with Gasteiger partial charge in [-0.15, -0.1) is 0 Å². The molecular formula is C15H15NO7. The molecule has 5 atom stereocenters. The minimum atomic E-state index is -2.03. The van der Waals surface area contributed by atoms with Gasteiger partial charge in [-0.2, -0.15) is 0 Å². The topological polar surface area (TPSA) is 136 Å². The van der Waals surface area contributed by atoms with Crippen LogP contribution >= 0.6 is 0 Å². The summed E-state index contributed by atoms with van der Waals surface area (Å²) in [6.07, 6.45) is -1.91. The Morgan fingerprint density at radius 1 is 1.26 bits per heavy atom. The van der Waals surface area contributed by atoms with E-state index >= 15 is 0 Å². The van der Waals surface area contributed by atoms with Gasteiger partial charge < -0.3 is 19.7 Å². The Kier molecular flexibility index (Phi) is 3.57. The van der Waals surface area contributed by atoms with Gasteiger partial charge >= 0.3 is 17.9 Å². The molecule has 3 rings (SSSR count). The summed E-state index contributed by atoms with van der Waals surface area (Å²) in [5.74, 6) is -5.67. The maximum atomic E-state index is 12.4. The second kappa shape index (κ2) is 5.32. The molecule has 2 fully saturated rings. The normalized spacial score (nSPS) is 32.7. The molecule has 0 spiro atoms. The van der Waals surface area contributed by atoms with Crippen molar-refractivity contribution in [3.8, 4) is 0 Å². The molecule has 8 nitrogen and oxygen atoms in total. The van der Waals surface area contributed by atoms with Crippen molar-refractivity contribution in [1.82, 2.24) is 0 Å². The number of carbonyl (C=O) groups excluding carboxylic acids is 1. The summed E-state index contributed by atoms with van der Waals surface area (Å²) in [5.41, 5.74) is 4.26. The number of nitrogens with two attached hydrogens (primary N) is 1. The quantitative estimate of drug-likeness (QED) is 0.391. The standard InChI is InChI=1S/C15H15NO7/c16-11(7-4-2-1-3-5-7)23-14(21)15(13(19)20)6-22-10-8(9(10)15)12(17)18/h1-5,8-11H,6,16H2,(H,17,18)(H,19,20). The Morgan fingerprint density at radius 2 is 1.91 bits per heavy atom. The van der Waals surface area contributed by atoms with E-state index in [1.807, 2.05) is 0 Å². The maximum absolute atomic E-state index is 12.4. The summed E-state index contributed by atoms with van der Waals surface area (Å²) >= 11 is 0. The lowest BCUT2D eigenvalue weighted by atomic mass is 9.83. The molecule has 1 aliphatic carbocycles. The molecule has 0 radical (unpaired) electrons. The number of carboxylic acids is 2. The average molecular weight is 321 g/mol. The minimum absolute atomic E-state index is 0.415. The lowest BCUT2D eigenvalue weighted by Crippen LogP contribution is -2.46. The van der Waals surface area contributed by atoms with Crippen LogP contribution in [0.25, 0.3) is 0 Å². The van der Waals surface area contributed by atoms with Crippen molar-refractivity contribution >= 4 is 17.9 Å². The van der Waals surface area contributed by atoms with Gasteiger partial charge in [0.15, 0.2) is 11.6 Å². The molecule has 4 N–H and O–H groups in total. The number of benzene rings is 1. The Bertz CT molecular complexity index is 661. The van der Waals surface area contributed by atoms with Crippen LogP contribution in [0.15, 0.2) is 30.3 Å². The van der Waals surface area contributed by atoms with Crippen LogP contribution in [0.4, 0.5) is 0 Å². The number of carbonyl (C=O) groups is 3. The molecule has 5 unspecified atom stereocenters. The third-order valence-electron chi connectivity index (χ3n) is 4.42. The highest BCUT2D eigenvalue weighted by molar-refractivity contribution is 6.02. The first-order chi connectivity index (χ1) is 10.9. The van der Waals surface area contributed by atoms with Crippen LogP contribution in [-0.2, 0) is 23.9 Å². The molecule has 1 aliphatic heterocycles. The first kappa shape index (κ1) is 15.4. The van der Waals surface area contributed by atoms with Gasteiger partial charge in [0, 0.05) is 11.5 Å². The van der Waals surface area contributed by atoms with Gasteiger partial charge in [-0.25, -0.2) is 0 Å². The first-order valence-corrected chi connectivity index (χ1v) is 6.99. The zero-order valence-electron chi connectivity index (χ0n) is 11.9. The summed E-state index contributed by atoms with van der Waals surface area (Å²) in [5, 5.41) is 18.6. The highest BCUT2D eigenvalue weighted by atomic mass is 16.6. The number of aliphatic carboxylic acids is 2. The van der Waals surface area contributed by atoms with E-state index in [0.717, 1.165) is 0 Å². The molecule has 0 amide bonds. The van der Waals surface area contributed by atoms with E-state index in [1.54, 1.807) is 30.3 Å². The van der Waals surface area contributed by atoms with Crippen LogP contribution in [0.2, 0.25) is 0 Å². The first-order valence-electron chi connectivity index (χ1n) is 6.99. The number of ether oxygens (including phenoxy) is 2. The second-order valence-corrected chi connectivity index (χ2v) is 5.68. The number of rotatable bonds is 5. The zero-order valence-corrected chi connectivity index (χ0v) is 11.9. The lowest BCUT2D eigenvalue weighted by Gasteiger charge is -2.25. The zero-order chi connectivity index (χ0) is 16.8. The number of hydrogen-bond acceptors (Lipinski definition) is 6. The van der Waals surface area contributed by atoms with Gasteiger partial charge in [-0.05, 0) is 0 Å². The van der Waals surface area contributed by atoms with Crippen molar-refractivity contribution < 1.29 is 34.1 Å². The fraction of sp³-hybridized carbons (Fsp3) is 0.400. The molecule has 0 aromatic heterocycles. The highest BCUT2D eigenvalue weighted by Crippen LogP contribution is 2.59. The van der Waals surface area contributed by atoms with Crippen molar-refractivity contribution in [1.29, 1.82) is 0 Å². The van der Waals surface area contributed by atoms with Gasteiger partial charge in [-0.1, -0.05) is 30.3 Å². The number of esters is 1. The molecule has 1 saturated carbocycles. The molecule has 1 saturated heterocycles. The van der Waals surface area contributed by atoms with Crippen LogP contribution in [0.5, 0.6) is 0 Å². The number of fused-ring (bicyclic) bond motifs is 1. The van der Waals surface area contributed by atoms with E-state index in [4.69, 9.17) is 20.3 Å². The highest BCUT2D eigenvalue weighted by Gasteiger charge is 2.77. The van der Waals surface area contributed by atoms with Crippen LogP contribution in [0, 0.1) is 17.3 Å². The second-order valence-electron chi connectivity index (χ2n) is 5.68. The summed E-state index contributed by atoms with van der Waals surface area (Å²) in [6, 6.07) is 8.43. The van der Waals surface area contributed by atoms with Crippen molar-refractivity contribution in [2.24, 2.45) is 23.0 Å². The van der Waals surface area contributed by atoms with E-state index < -0.39 is 54.1 Å². The largest absolute Gasteiger partial charge is 0.481 e. The summed E-state index contributed by atoms with van der Waals surface area (Å²) < 4.78 is 10.3. The van der Waals surface area contributed by atoms with Crippen LogP contribution in [-0.4, -0.2) is 40.8 Å². The van der Waals surface area contributed by atoms with Crippen molar-refractivity contribution in [2.45, 2.75) is 12.3 Å². The van der Waals surface area contributed by atoms with E-state index in [-0.39, 0.29) is 0 Å². The van der Waals surface area contributed by atoms with Gasteiger partial charge in [0.05, 0.1) is 18.6 Å². The summed E-state index contributed by atoms with van der Waals surface area (Å²) in [6.45, 7) is -0.415. The number of carboxylic acid groups (broad SMARTS) is 2. The molecule has 1 aromatic carbocycles. The third-order valence-corrected chi connectivity index (χ3v) is 4.42. The van der Waals surface area contributed by atoms with E-state index in [1.165, 1.54) is 0 Å². The Balaban J connectivity index is 1.81. The molecule has 0 bridgehead atoms.